The van der Waals surface area contributed by atoms with Gasteiger partial charge in [-0.15, -0.1) is 0 Å². The molecule has 0 bridgehead atoms. The lowest BCUT2D eigenvalue weighted by Crippen LogP contribution is -2.31. The minimum Gasteiger partial charge on any atom is -0.368 e. The molecule has 1 aromatic rings. The van der Waals surface area contributed by atoms with E-state index >= 15 is 0 Å². The maximum Gasteiger partial charge on any atom is 0.261 e. The fraction of sp³-hybridized carbons (Fsp3) is 0.417. The van der Waals surface area contributed by atoms with Gasteiger partial charge in [0.15, 0.2) is 0 Å². The Morgan fingerprint density at radius 1 is 1.33 bits per heavy atom. The van der Waals surface area contributed by atoms with Gasteiger partial charge in [0, 0.05) is 17.3 Å². The van der Waals surface area contributed by atoms with Gasteiger partial charge in [0.1, 0.15) is 6.10 Å². The molecular weight excluding hydrogens is 361 g/mol. The molecule has 1 aliphatic rings. The molecule has 0 aliphatic carbocycles. The molecule has 116 valence electrons. The summed E-state index contributed by atoms with van der Waals surface area (Å²) < 4.78 is 27.9. The van der Waals surface area contributed by atoms with E-state index in [0.29, 0.717) is 6.61 Å². The topological polar surface area (TPSA) is 72.5 Å². The van der Waals surface area contributed by atoms with E-state index in [1.54, 1.807) is 0 Å². The summed E-state index contributed by atoms with van der Waals surface area (Å²) in [6.07, 6.45) is 0.219. The molecule has 0 radical (unpaired) electrons. The predicted molar refractivity (Wildman–Crippen MR) is 81.7 cm³/mol. The highest BCUT2D eigenvalue weighted by Crippen LogP contribution is 2.35. The zero-order valence-corrected chi connectivity index (χ0v) is 14.0. The van der Waals surface area contributed by atoms with Gasteiger partial charge in [0.05, 0.1) is 20.6 Å². The second-order valence-electron chi connectivity index (χ2n) is 4.75. The van der Waals surface area contributed by atoms with E-state index in [1.807, 2.05) is 6.92 Å². The largest absolute Gasteiger partial charge is 0.368 e. The number of carbonyl (C=O) groups excluding carboxylic acids is 1. The molecular formula is C12H12Cl3NO4S. The Morgan fingerprint density at radius 3 is 2.33 bits per heavy atom. The summed E-state index contributed by atoms with van der Waals surface area (Å²) in [5.41, 5.74) is 0.134. The number of ether oxygens (including phenoxy) is 1. The third kappa shape index (κ3) is 3.81. The first-order valence-electron chi connectivity index (χ1n) is 6.06. The lowest BCUT2D eigenvalue weighted by Gasteiger charge is -2.16. The van der Waals surface area contributed by atoms with Crippen LogP contribution in [0.3, 0.4) is 0 Å². The Labute approximate surface area is 136 Å². The van der Waals surface area contributed by atoms with Crippen LogP contribution in [0.4, 0.5) is 5.69 Å². The van der Waals surface area contributed by atoms with Crippen molar-refractivity contribution in [2.45, 2.75) is 24.3 Å². The predicted octanol–water partition coefficient (Wildman–Crippen LogP) is 3.28. The van der Waals surface area contributed by atoms with Crippen LogP contribution >= 0.6 is 33.9 Å². The third-order valence-electron chi connectivity index (χ3n) is 3.19. The van der Waals surface area contributed by atoms with Crippen LogP contribution in [0.15, 0.2) is 17.0 Å². The summed E-state index contributed by atoms with van der Waals surface area (Å²) in [4.78, 5) is 11.9. The van der Waals surface area contributed by atoms with E-state index in [9.17, 15) is 13.2 Å². The van der Waals surface area contributed by atoms with Gasteiger partial charge in [-0.05, 0) is 24.5 Å². The van der Waals surface area contributed by atoms with E-state index in [0.717, 1.165) is 18.6 Å². The van der Waals surface area contributed by atoms with E-state index in [1.165, 1.54) is 0 Å². The van der Waals surface area contributed by atoms with Crippen LogP contribution in [0, 0.1) is 5.92 Å². The molecule has 21 heavy (non-hydrogen) atoms. The van der Waals surface area contributed by atoms with Gasteiger partial charge in [-0.3, -0.25) is 4.79 Å². The number of anilines is 1. The smallest absolute Gasteiger partial charge is 0.261 e. The Hall–Kier alpha value is -0.530. The van der Waals surface area contributed by atoms with Gasteiger partial charge in [-0.1, -0.05) is 30.1 Å². The molecule has 1 heterocycles. The number of rotatable bonds is 3. The van der Waals surface area contributed by atoms with Crippen LogP contribution in [0.5, 0.6) is 0 Å². The van der Waals surface area contributed by atoms with Gasteiger partial charge in [-0.2, -0.15) is 0 Å². The number of halogens is 3. The molecule has 1 amide bonds. The Balaban J connectivity index is 2.27. The Kier molecular flexibility index (Phi) is 5.05. The fourth-order valence-electron chi connectivity index (χ4n) is 2.04. The second-order valence-corrected chi connectivity index (χ2v) is 8.13. The average Bonchev–Trinajstić information content (AvgIpc) is 2.78. The molecule has 2 unspecified atom stereocenters. The fourth-order valence-corrected chi connectivity index (χ4v) is 3.53. The first-order valence-corrected chi connectivity index (χ1v) is 9.13. The molecule has 5 nitrogen and oxygen atoms in total. The van der Waals surface area contributed by atoms with Crippen LogP contribution in [-0.4, -0.2) is 27.0 Å². The minimum absolute atomic E-state index is 0.0132. The highest BCUT2D eigenvalue weighted by Gasteiger charge is 2.31. The van der Waals surface area contributed by atoms with E-state index < -0.39 is 15.2 Å². The highest BCUT2D eigenvalue weighted by molar-refractivity contribution is 8.13. The maximum absolute atomic E-state index is 12.1. The molecule has 1 saturated heterocycles. The van der Waals surface area contributed by atoms with Gasteiger partial charge in [-0.25, -0.2) is 8.42 Å². The summed E-state index contributed by atoms with van der Waals surface area (Å²) in [7, 11) is 1.28. The summed E-state index contributed by atoms with van der Waals surface area (Å²) >= 11 is 11.9. The average molecular weight is 373 g/mol. The summed E-state index contributed by atoms with van der Waals surface area (Å²) in [5, 5.41) is 2.54. The second kappa shape index (κ2) is 6.30. The van der Waals surface area contributed by atoms with Crippen molar-refractivity contribution >= 4 is 54.5 Å². The Morgan fingerprint density at radius 2 is 1.90 bits per heavy atom. The van der Waals surface area contributed by atoms with Crippen molar-refractivity contribution in [2.75, 3.05) is 11.9 Å². The maximum atomic E-state index is 12.1. The number of benzene rings is 1. The molecule has 2 rings (SSSR count). The SMILES string of the molecule is CC1CCOC1C(=O)Nc1c(Cl)cc(S(=O)(=O)Cl)cc1Cl. The third-order valence-corrected chi connectivity index (χ3v) is 5.12. The van der Waals surface area contributed by atoms with Crippen LogP contribution < -0.4 is 5.32 Å². The lowest BCUT2D eigenvalue weighted by molar-refractivity contribution is -0.126. The van der Waals surface area contributed by atoms with Crippen LogP contribution in [0.2, 0.25) is 10.0 Å². The number of hydrogen-bond donors (Lipinski definition) is 1. The normalized spacial score (nSPS) is 22.3. The van der Waals surface area contributed by atoms with Crippen LogP contribution in [0.25, 0.3) is 0 Å². The molecule has 2 atom stereocenters. The van der Waals surface area contributed by atoms with Gasteiger partial charge < -0.3 is 10.1 Å². The van der Waals surface area contributed by atoms with Crippen molar-refractivity contribution in [3.05, 3.63) is 22.2 Å². The van der Waals surface area contributed by atoms with E-state index in [2.05, 4.69) is 5.32 Å². The highest BCUT2D eigenvalue weighted by atomic mass is 35.7. The van der Waals surface area contributed by atoms with Crippen molar-refractivity contribution < 1.29 is 17.9 Å². The molecule has 0 spiro atoms. The molecule has 0 saturated carbocycles. The van der Waals surface area contributed by atoms with Crippen molar-refractivity contribution in [3.63, 3.8) is 0 Å². The standard InChI is InChI=1S/C12H12Cl3NO4S/c1-6-2-3-20-11(6)12(17)16-10-8(13)4-7(5-9(10)14)21(15,18)19/h4-6,11H,2-3H2,1H3,(H,16,17). The van der Waals surface area contributed by atoms with Crippen LogP contribution in [0.1, 0.15) is 13.3 Å². The molecule has 9 heteroatoms. The zero-order valence-electron chi connectivity index (χ0n) is 10.9. The number of nitrogens with one attached hydrogen (secondary N) is 1. The van der Waals surface area contributed by atoms with Gasteiger partial charge in [0.2, 0.25) is 0 Å². The first-order chi connectivity index (χ1) is 9.70. The van der Waals surface area contributed by atoms with Crippen molar-refractivity contribution in [3.8, 4) is 0 Å². The monoisotopic (exact) mass is 371 g/mol. The molecule has 0 aromatic heterocycles. The van der Waals surface area contributed by atoms with Crippen molar-refractivity contribution in [1.82, 2.24) is 0 Å². The van der Waals surface area contributed by atoms with E-state index in [-0.39, 0.29) is 32.5 Å². The minimum atomic E-state index is -3.95. The summed E-state index contributed by atoms with van der Waals surface area (Å²) in [6, 6.07) is 2.26. The number of carbonyl (C=O) groups is 1. The Bertz CT molecular complexity index is 654. The quantitative estimate of drug-likeness (QED) is 0.826. The van der Waals surface area contributed by atoms with Crippen molar-refractivity contribution in [1.29, 1.82) is 0 Å². The van der Waals surface area contributed by atoms with Gasteiger partial charge >= 0.3 is 0 Å². The summed E-state index contributed by atoms with van der Waals surface area (Å²) in [5.74, 6) is -0.282. The summed E-state index contributed by atoms with van der Waals surface area (Å²) in [6.45, 7) is 2.42. The van der Waals surface area contributed by atoms with Gasteiger partial charge in [0.25, 0.3) is 15.0 Å². The first kappa shape index (κ1) is 16.8. The van der Waals surface area contributed by atoms with Crippen molar-refractivity contribution in [2.24, 2.45) is 5.92 Å². The molecule has 1 N–H and O–H groups in total. The number of hydrogen-bond acceptors (Lipinski definition) is 4. The number of amides is 1. The lowest BCUT2D eigenvalue weighted by atomic mass is 10.0. The molecule has 1 fully saturated rings. The van der Waals surface area contributed by atoms with E-state index in [4.69, 9.17) is 38.6 Å². The zero-order chi connectivity index (χ0) is 15.8. The molecule has 1 aliphatic heterocycles. The molecule has 1 aromatic carbocycles. The van der Waals surface area contributed by atoms with Crippen LogP contribution in [-0.2, 0) is 18.6 Å².